The van der Waals surface area contributed by atoms with Crippen LogP contribution in [0.5, 0.6) is 0 Å². The predicted octanol–water partition coefficient (Wildman–Crippen LogP) is 14.9. The molecule has 0 aliphatic carbocycles. The van der Waals surface area contributed by atoms with Gasteiger partial charge in [-0.05, 0) is 100 Å². The Labute approximate surface area is 328 Å². The van der Waals surface area contributed by atoms with Crippen molar-refractivity contribution >= 4 is 65.0 Å². The Balaban J connectivity index is 1.36. The van der Waals surface area contributed by atoms with Gasteiger partial charge in [-0.3, -0.25) is 0 Å². The number of hydrogen-bond donors (Lipinski definition) is 0. The van der Waals surface area contributed by atoms with Crippen LogP contribution in [0.1, 0.15) is 20.6 Å². The molecule has 0 radical (unpaired) electrons. The number of benzene rings is 10. The van der Waals surface area contributed by atoms with Gasteiger partial charge in [0.1, 0.15) is 11.2 Å². The molecule has 10 aromatic carbocycles. The van der Waals surface area contributed by atoms with Crippen molar-refractivity contribution in [1.82, 2.24) is 0 Å². The number of furan rings is 1. The minimum atomic E-state index is -0.643. The van der Waals surface area contributed by atoms with Crippen LogP contribution in [0.25, 0.3) is 110 Å². The third kappa shape index (κ3) is 4.64. The van der Waals surface area contributed by atoms with Gasteiger partial charge >= 0.3 is 0 Å². The summed E-state index contributed by atoms with van der Waals surface area (Å²) in [6.07, 6.45) is 0. The van der Waals surface area contributed by atoms with E-state index < -0.39 is 90.6 Å². The smallest absolute Gasteiger partial charge is 0.143 e. The van der Waals surface area contributed by atoms with Crippen LogP contribution >= 0.6 is 0 Å². The lowest BCUT2D eigenvalue weighted by Gasteiger charge is -2.21. The first-order valence-corrected chi connectivity index (χ1v) is 17.0. The summed E-state index contributed by atoms with van der Waals surface area (Å²) in [5, 5.41) is 1.38. The van der Waals surface area contributed by atoms with Crippen molar-refractivity contribution in [3.63, 3.8) is 0 Å². The number of fused-ring (bicyclic) bond motifs is 7. The predicted molar refractivity (Wildman–Crippen MR) is 225 cm³/mol. The second-order valence-electron chi connectivity index (χ2n) is 12.8. The molecule has 0 saturated heterocycles. The lowest BCUT2D eigenvalue weighted by atomic mass is 9.81. The fourth-order valence-corrected chi connectivity index (χ4v) is 7.63. The highest BCUT2D eigenvalue weighted by Gasteiger charge is 2.22. The quantitative estimate of drug-likeness (QED) is 0.168. The molecule has 1 heteroatoms. The van der Waals surface area contributed by atoms with Crippen LogP contribution in [0.3, 0.4) is 0 Å². The number of rotatable bonds is 4. The van der Waals surface area contributed by atoms with E-state index in [9.17, 15) is 8.22 Å². The van der Waals surface area contributed by atoms with E-state index in [2.05, 4.69) is 0 Å². The maximum atomic E-state index is 9.71. The highest BCUT2D eigenvalue weighted by Crippen LogP contribution is 2.49. The molecule has 0 unspecified atom stereocenters. The molecule has 0 fully saturated rings. The van der Waals surface area contributed by atoms with Crippen molar-refractivity contribution in [2.75, 3.05) is 0 Å². The standard InChI is InChI=1S/C52H32O/c1-2-14-34(15-3-1)41-23-12-24-46-47-32-38(28-30-48(47)53-52(41)46)49-42-19-8-10-21-44(42)51(45-22-11-9-20-43(45)49)50-39-18-7-6-16-35(39)27-29-40(50)37-26-25-33-13-4-5-17-36(33)31-37/h1-32H/i4D,5D,8D,9D,10D,11D,13D,17D,19D,20D,21D,22D,25D,26D,31D. The second-order valence-corrected chi connectivity index (χ2v) is 12.8. The Bertz CT molecular complexity index is 4010. The molecule has 0 N–H and O–H groups in total. The van der Waals surface area contributed by atoms with Gasteiger partial charge in [0.05, 0.1) is 20.6 Å². The summed E-state index contributed by atoms with van der Waals surface area (Å²) in [6.45, 7) is 0. The molecule has 0 bridgehead atoms. The molecule has 1 nitrogen and oxygen atoms in total. The molecule has 11 aromatic rings. The first kappa shape index (κ1) is 18.5. The van der Waals surface area contributed by atoms with Gasteiger partial charge in [0.2, 0.25) is 0 Å². The highest BCUT2D eigenvalue weighted by molar-refractivity contribution is 6.26. The third-order valence-electron chi connectivity index (χ3n) is 9.94. The van der Waals surface area contributed by atoms with Crippen LogP contribution < -0.4 is 0 Å². The van der Waals surface area contributed by atoms with E-state index in [4.69, 9.17) is 16.8 Å². The monoisotopic (exact) mass is 687 g/mol. The van der Waals surface area contributed by atoms with Gasteiger partial charge in [-0.1, -0.05) is 176 Å². The molecule has 0 atom stereocenters. The Hall–Kier alpha value is -6.96. The van der Waals surface area contributed by atoms with Gasteiger partial charge in [0.25, 0.3) is 0 Å². The number of hydrogen-bond acceptors (Lipinski definition) is 1. The SMILES string of the molecule is [2H]c1c([2H])c([2H])c2c([2H])c(-c3ccc4ccccc4c3-c3c4c([2H])c([2H])c([2H])c([2H])c4c(-c4ccc5oc6c(-c7ccccc7)cccc6c5c4)c4c([2H])c([2H])c([2H])c([2H])c34)c([2H])c([2H])c2c1[2H]. The average molecular weight is 688 g/mol. The van der Waals surface area contributed by atoms with Crippen molar-refractivity contribution < 1.29 is 25.0 Å². The largest absolute Gasteiger partial charge is 0.455 e. The van der Waals surface area contributed by atoms with Gasteiger partial charge in [0, 0.05) is 16.3 Å². The van der Waals surface area contributed by atoms with E-state index in [-0.39, 0.29) is 60.1 Å². The first-order chi connectivity index (χ1) is 32.5. The molecule has 11 rings (SSSR count). The van der Waals surface area contributed by atoms with E-state index in [1.165, 1.54) is 0 Å². The highest BCUT2D eigenvalue weighted by atomic mass is 16.3. The second kappa shape index (κ2) is 11.8. The van der Waals surface area contributed by atoms with Crippen LogP contribution in [0.15, 0.2) is 198 Å². The van der Waals surface area contributed by atoms with Gasteiger partial charge in [-0.25, -0.2) is 0 Å². The molecular weight excluding hydrogens is 641 g/mol. The molecule has 53 heavy (non-hydrogen) atoms. The summed E-state index contributed by atoms with van der Waals surface area (Å²) in [6, 6.07) is 22.3. The van der Waals surface area contributed by atoms with Crippen LogP contribution in [0, 0.1) is 0 Å². The minimum absolute atomic E-state index is 0.0488. The Morgan fingerprint density at radius 1 is 0.358 bits per heavy atom. The van der Waals surface area contributed by atoms with E-state index in [0.717, 1.165) is 16.5 Å². The normalized spacial score (nSPS) is 15.7. The van der Waals surface area contributed by atoms with E-state index in [1.807, 2.05) is 48.5 Å². The van der Waals surface area contributed by atoms with Crippen LogP contribution in [-0.2, 0) is 0 Å². The fraction of sp³-hybridized carbons (Fsp3) is 0. The van der Waals surface area contributed by atoms with Crippen molar-refractivity contribution in [3.8, 4) is 44.5 Å². The summed E-state index contributed by atoms with van der Waals surface area (Å²) >= 11 is 0. The summed E-state index contributed by atoms with van der Waals surface area (Å²) in [5.74, 6) is 0. The maximum Gasteiger partial charge on any atom is 0.143 e. The van der Waals surface area contributed by atoms with Gasteiger partial charge in [0.15, 0.2) is 0 Å². The molecule has 1 heterocycles. The van der Waals surface area contributed by atoms with Crippen molar-refractivity contribution in [3.05, 3.63) is 194 Å². The fourth-order valence-electron chi connectivity index (χ4n) is 7.63. The molecule has 0 spiro atoms. The molecular formula is C52H32O. The van der Waals surface area contributed by atoms with Gasteiger partial charge in [-0.15, -0.1) is 0 Å². The third-order valence-corrected chi connectivity index (χ3v) is 9.94. The van der Waals surface area contributed by atoms with E-state index >= 15 is 0 Å². The Kier molecular flexibility index (Phi) is 4.12. The zero-order valence-corrected chi connectivity index (χ0v) is 27.7. The maximum absolute atomic E-state index is 9.71. The summed E-state index contributed by atoms with van der Waals surface area (Å²) in [4.78, 5) is 0. The van der Waals surface area contributed by atoms with Crippen LogP contribution in [0.2, 0.25) is 0 Å². The van der Waals surface area contributed by atoms with Crippen molar-refractivity contribution in [2.45, 2.75) is 0 Å². The van der Waals surface area contributed by atoms with Gasteiger partial charge in [-0.2, -0.15) is 0 Å². The van der Waals surface area contributed by atoms with Crippen LogP contribution in [0.4, 0.5) is 0 Å². The molecule has 246 valence electrons. The molecule has 1 aromatic heterocycles. The van der Waals surface area contributed by atoms with Gasteiger partial charge < -0.3 is 4.42 Å². The Morgan fingerprint density at radius 3 is 1.83 bits per heavy atom. The zero-order chi connectivity index (χ0) is 47.9. The van der Waals surface area contributed by atoms with Crippen molar-refractivity contribution in [1.29, 1.82) is 0 Å². The molecule has 0 amide bonds. The molecule has 0 aliphatic heterocycles. The van der Waals surface area contributed by atoms with Crippen molar-refractivity contribution in [2.24, 2.45) is 0 Å². The summed E-state index contributed by atoms with van der Waals surface area (Å²) in [7, 11) is 0. The van der Waals surface area contributed by atoms with Crippen LogP contribution in [-0.4, -0.2) is 0 Å². The van der Waals surface area contributed by atoms with E-state index in [1.54, 1.807) is 54.6 Å². The lowest BCUT2D eigenvalue weighted by molar-refractivity contribution is 0.670. The average Bonchev–Trinajstić information content (AvgIpc) is 3.73. The topological polar surface area (TPSA) is 13.1 Å². The van der Waals surface area contributed by atoms with E-state index in [0.29, 0.717) is 32.9 Å². The summed E-state index contributed by atoms with van der Waals surface area (Å²) < 4.78 is 144. The minimum Gasteiger partial charge on any atom is -0.455 e. The lowest BCUT2D eigenvalue weighted by Crippen LogP contribution is -1.94. The molecule has 0 aliphatic rings. The summed E-state index contributed by atoms with van der Waals surface area (Å²) in [5.41, 5.74) is 3.23. The zero-order valence-electron chi connectivity index (χ0n) is 42.7. The Morgan fingerprint density at radius 2 is 1.04 bits per heavy atom. The first-order valence-electron chi connectivity index (χ1n) is 24.5. The number of para-hydroxylation sites is 1. The molecule has 0 saturated carbocycles.